The maximum Gasteiger partial charge on any atom is 0.252 e. The first-order chi connectivity index (χ1) is 18.0. The summed E-state index contributed by atoms with van der Waals surface area (Å²) in [6.45, 7) is 0.128. The fourth-order valence-electron chi connectivity index (χ4n) is 3.48. The summed E-state index contributed by atoms with van der Waals surface area (Å²) in [5, 5.41) is 5.92. The van der Waals surface area contributed by atoms with Crippen molar-refractivity contribution in [2.24, 2.45) is 0 Å². The Labute approximate surface area is 218 Å². The lowest BCUT2D eigenvalue weighted by atomic mass is 10.2. The van der Waals surface area contributed by atoms with Gasteiger partial charge in [-0.25, -0.2) is 4.39 Å². The molecule has 190 valence electrons. The Morgan fingerprint density at radius 1 is 0.946 bits per heavy atom. The maximum atomic E-state index is 14.9. The van der Waals surface area contributed by atoms with E-state index in [0.717, 1.165) is 5.56 Å². The fraction of sp³-hybridized carbons (Fsp3) is 0.148. The molecule has 0 radical (unpaired) electrons. The summed E-state index contributed by atoms with van der Waals surface area (Å²) in [5.74, 6) is 0.350. The number of thiocarbonyl (C=S) groups is 1. The first-order valence-electron chi connectivity index (χ1n) is 11.2. The number of rotatable bonds is 9. The Kier molecular flexibility index (Phi) is 8.44. The third-order valence-corrected chi connectivity index (χ3v) is 5.42. The van der Waals surface area contributed by atoms with Crippen molar-refractivity contribution in [2.75, 3.05) is 26.1 Å². The predicted octanol–water partition coefficient (Wildman–Crippen LogP) is 5.21. The van der Waals surface area contributed by atoms with E-state index in [-0.39, 0.29) is 17.5 Å². The largest absolute Gasteiger partial charge is 0.493 e. The average Bonchev–Trinajstić information content (AvgIpc) is 2.90. The van der Waals surface area contributed by atoms with E-state index in [0.29, 0.717) is 40.4 Å². The van der Waals surface area contributed by atoms with Gasteiger partial charge in [0.15, 0.2) is 28.2 Å². The summed E-state index contributed by atoms with van der Waals surface area (Å²) in [6.07, 6.45) is 1.56. The molecule has 37 heavy (non-hydrogen) atoms. The molecule has 1 amide bonds. The van der Waals surface area contributed by atoms with Gasteiger partial charge in [-0.1, -0.05) is 30.3 Å². The molecule has 4 rings (SSSR count). The molecule has 2 N–H and O–H groups in total. The lowest BCUT2D eigenvalue weighted by Crippen LogP contribution is -2.36. The number of nitrogens with zero attached hydrogens (tertiary/aromatic N) is 1. The summed E-state index contributed by atoms with van der Waals surface area (Å²) in [6, 6.07) is 18.8. The minimum Gasteiger partial charge on any atom is -0.493 e. The van der Waals surface area contributed by atoms with Gasteiger partial charge in [-0.2, -0.15) is 0 Å². The van der Waals surface area contributed by atoms with Crippen LogP contribution in [0.1, 0.15) is 5.56 Å². The van der Waals surface area contributed by atoms with Crippen molar-refractivity contribution in [3.05, 3.63) is 84.3 Å². The van der Waals surface area contributed by atoms with Gasteiger partial charge in [0, 0.05) is 29.4 Å². The molecule has 0 spiro atoms. The number of carbonyl (C=O) groups excluding carboxylic acids is 1. The molecule has 0 saturated heterocycles. The molecule has 0 bridgehead atoms. The molecule has 0 aliphatic rings. The van der Waals surface area contributed by atoms with Gasteiger partial charge in [0.05, 0.1) is 26.3 Å². The number of hydrogen-bond donors (Lipinski definition) is 2. The predicted molar refractivity (Wildman–Crippen MR) is 142 cm³/mol. The van der Waals surface area contributed by atoms with Crippen LogP contribution in [0, 0.1) is 5.82 Å². The quantitative estimate of drug-likeness (QED) is 0.290. The van der Waals surface area contributed by atoms with Gasteiger partial charge in [-0.3, -0.25) is 9.78 Å². The molecule has 8 nitrogen and oxygen atoms in total. The Hall–Kier alpha value is -4.28. The van der Waals surface area contributed by atoms with Crippen molar-refractivity contribution in [1.82, 2.24) is 10.3 Å². The van der Waals surface area contributed by atoms with E-state index in [1.54, 1.807) is 30.5 Å². The molecule has 0 saturated carbocycles. The number of amides is 1. The number of benzene rings is 3. The molecule has 0 fully saturated rings. The number of aromatic nitrogens is 1. The second kappa shape index (κ2) is 12.1. The topological polar surface area (TPSA) is 90.9 Å². The van der Waals surface area contributed by atoms with Crippen LogP contribution < -0.4 is 24.8 Å². The van der Waals surface area contributed by atoms with Gasteiger partial charge >= 0.3 is 0 Å². The molecule has 1 heterocycles. The smallest absolute Gasteiger partial charge is 0.252 e. The number of ether oxygens (including phenoxy) is 4. The molecular weight excluding hydrogens is 497 g/mol. The van der Waals surface area contributed by atoms with E-state index in [4.69, 9.17) is 31.2 Å². The molecule has 3 aromatic carbocycles. The average molecular weight is 522 g/mol. The van der Waals surface area contributed by atoms with Gasteiger partial charge in [0.2, 0.25) is 0 Å². The van der Waals surface area contributed by atoms with Crippen LogP contribution in [-0.2, 0) is 16.1 Å². The number of carbonyl (C=O) groups is 1. The molecule has 0 atom stereocenters. The van der Waals surface area contributed by atoms with E-state index in [9.17, 15) is 9.18 Å². The summed E-state index contributed by atoms with van der Waals surface area (Å²) < 4.78 is 36.8. The highest BCUT2D eigenvalue weighted by Gasteiger charge is 2.14. The molecule has 0 unspecified atom stereocenters. The first kappa shape index (κ1) is 25.8. The van der Waals surface area contributed by atoms with E-state index in [2.05, 4.69) is 15.6 Å². The lowest BCUT2D eigenvalue weighted by Gasteiger charge is -2.14. The van der Waals surface area contributed by atoms with Crippen molar-refractivity contribution in [2.45, 2.75) is 6.61 Å². The zero-order valence-corrected chi connectivity index (χ0v) is 20.9. The minimum atomic E-state index is -0.629. The standard InChI is InChI=1S/C27H24FN3O5S/c1-33-24-13-19-21(14-25(24)34-2)29-11-10-22(19)36-23-9-8-18(12-20(23)28)30-27(37)31-26(32)16-35-15-17-6-4-3-5-7-17/h3-14H,15-16H2,1-2H3,(H2,30,31,32,37). The monoisotopic (exact) mass is 521 g/mol. The van der Waals surface area contributed by atoms with Gasteiger partial charge in [0.1, 0.15) is 12.4 Å². The van der Waals surface area contributed by atoms with Crippen LogP contribution in [0.5, 0.6) is 23.0 Å². The summed E-state index contributed by atoms with van der Waals surface area (Å²) in [5.41, 5.74) is 1.89. The van der Waals surface area contributed by atoms with Crippen LogP contribution in [-0.4, -0.2) is 36.8 Å². The third kappa shape index (κ3) is 6.69. The number of anilines is 1. The zero-order chi connectivity index (χ0) is 26.2. The van der Waals surface area contributed by atoms with Crippen molar-refractivity contribution in [3.8, 4) is 23.0 Å². The Morgan fingerprint density at radius 3 is 2.43 bits per heavy atom. The normalized spacial score (nSPS) is 10.6. The highest BCUT2D eigenvalue weighted by molar-refractivity contribution is 7.80. The summed E-state index contributed by atoms with van der Waals surface area (Å²) in [7, 11) is 3.06. The molecule has 4 aromatic rings. The van der Waals surface area contributed by atoms with Gasteiger partial charge in [0.25, 0.3) is 5.91 Å². The summed E-state index contributed by atoms with van der Waals surface area (Å²) >= 11 is 5.15. The van der Waals surface area contributed by atoms with Crippen molar-refractivity contribution in [1.29, 1.82) is 0 Å². The van der Waals surface area contributed by atoms with Gasteiger partial charge < -0.3 is 29.6 Å². The summed E-state index contributed by atoms with van der Waals surface area (Å²) in [4.78, 5) is 16.4. The molecule has 0 aliphatic heterocycles. The van der Waals surface area contributed by atoms with Gasteiger partial charge in [-0.05, 0) is 42.0 Å². The number of methoxy groups -OCH3 is 2. The van der Waals surface area contributed by atoms with E-state index in [1.165, 1.54) is 26.4 Å². The maximum absolute atomic E-state index is 14.9. The van der Waals surface area contributed by atoms with E-state index < -0.39 is 11.7 Å². The second-order valence-electron chi connectivity index (χ2n) is 7.76. The zero-order valence-electron chi connectivity index (χ0n) is 20.1. The second-order valence-corrected chi connectivity index (χ2v) is 8.17. The lowest BCUT2D eigenvalue weighted by molar-refractivity contribution is -0.124. The third-order valence-electron chi connectivity index (χ3n) is 5.21. The molecule has 1 aromatic heterocycles. The molecule has 0 aliphatic carbocycles. The van der Waals surface area contributed by atoms with Crippen molar-refractivity contribution >= 4 is 39.8 Å². The van der Waals surface area contributed by atoms with Crippen LogP contribution in [0.3, 0.4) is 0 Å². The highest BCUT2D eigenvalue weighted by atomic mass is 32.1. The number of pyridine rings is 1. The van der Waals surface area contributed by atoms with Crippen LogP contribution in [0.15, 0.2) is 72.9 Å². The molecular formula is C27H24FN3O5S. The van der Waals surface area contributed by atoms with Crippen molar-refractivity contribution < 1.29 is 28.1 Å². The van der Waals surface area contributed by atoms with E-state index in [1.807, 2.05) is 30.3 Å². The van der Waals surface area contributed by atoms with Gasteiger partial charge in [-0.15, -0.1) is 0 Å². The Bertz CT molecular complexity index is 1420. The van der Waals surface area contributed by atoms with Crippen LogP contribution in [0.4, 0.5) is 10.1 Å². The highest BCUT2D eigenvalue weighted by Crippen LogP contribution is 2.37. The van der Waals surface area contributed by atoms with Crippen LogP contribution in [0.25, 0.3) is 10.9 Å². The minimum absolute atomic E-state index is 0.00268. The number of halogens is 1. The first-order valence-corrected chi connectivity index (χ1v) is 11.6. The Morgan fingerprint density at radius 2 is 1.70 bits per heavy atom. The Balaban J connectivity index is 1.37. The number of fused-ring (bicyclic) bond motifs is 1. The number of hydrogen-bond acceptors (Lipinski definition) is 7. The van der Waals surface area contributed by atoms with E-state index >= 15 is 0 Å². The molecule has 10 heteroatoms. The fourth-order valence-corrected chi connectivity index (χ4v) is 3.71. The van der Waals surface area contributed by atoms with Crippen LogP contribution >= 0.6 is 12.2 Å². The van der Waals surface area contributed by atoms with Crippen LogP contribution in [0.2, 0.25) is 0 Å². The number of nitrogens with one attached hydrogen (secondary N) is 2. The van der Waals surface area contributed by atoms with Crippen molar-refractivity contribution in [3.63, 3.8) is 0 Å². The SMILES string of the molecule is COc1cc2nccc(Oc3ccc(NC(=S)NC(=O)COCc4ccccc4)cc3F)c2cc1OC.